The summed E-state index contributed by atoms with van der Waals surface area (Å²) in [5, 5.41) is 5.35. The molecule has 0 amide bonds. The molecule has 0 radical (unpaired) electrons. The van der Waals surface area contributed by atoms with Gasteiger partial charge in [0.05, 0.1) is 11.4 Å². The van der Waals surface area contributed by atoms with Crippen molar-refractivity contribution in [2.24, 2.45) is 0 Å². The minimum absolute atomic E-state index is 0.762. The first kappa shape index (κ1) is 14.9. The summed E-state index contributed by atoms with van der Waals surface area (Å²) < 4.78 is 0. The molecule has 1 fully saturated rings. The standard InChI is InChI=1S/C20H18ClN3/c21-17-11-13-18(14-12-17)22-15-23(19-7-3-1-4-8-19)24(16-22)20-9-5-2-6-10-20/h1-14H,15-16H2. The number of benzene rings is 3. The Morgan fingerprint density at radius 2 is 1.00 bits per heavy atom. The molecule has 4 heteroatoms. The van der Waals surface area contributed by atoms with Crippen molar-refractivity contribution >= 4 is 28.7 Å². The molecule has 24 heavy (non-hydrogen) atoms. The van der Waals surface area contributed by atoms with Crippen molar-refractivity contribution in [1.29, 1.82) is 0 Å². The fourth-order valence-electron chi connectivity index (χ4n) is 2.98. The lowest BCUT2D eigenvalue weighted by molar-refractivity contribution is 0.891. The third-order valence-corrected chi connectivity index (χ3v) is 4.45. The van der Waals surface area contributed by atoms with Crippen molar-refractivity contribution in [3.63, 3.8) is 0 Å². The van der Waals surface area contributed by atoms with Crippen LogP contribution in [0.25, 0.3) is 0 Å². The van der Waals surface area contributed by atoms with Gasteiger partial charge in [0.1, 0.15) is 13.3 Å². The lowest BCUT2D eigenvalue weighted by Gasteiger charge is -2.29. The Kier molecular flexibility index (Phi) is 4.01. The largest absolute Gasteiger partial charge is 0.332 e. The monoisotopic (exact) mass is 335 g/mol. The first-order chi connectivity index (χ1) is 11.8. The molecular weight excluding hydrogens is 318 g/mol. The van der Waals surface area contributed by atoms with Crippen LogP contribution in [0.3, 0.4) is 0 Å². The van der Waals surface area contributed by atoms with Crippen molar-refractivity contribution in [3.05, 3.63) is 90.0 Å². The van der Waals surface area contributed by atoms with E-state index in [1.807, 2.05) is 24.3 Å². The van der Waals surface area contributed by atoms with Crippen molar-refractivity contribution in [2.45, 2.75) is 0 Å². The Bertz CT molecular complexity index is 743. The van der Waals surface area contributed by atoms with E-state index in [0.717, 1.165) is 18.4 Å². The van der Waals surface area contributed by atoms with Gasteiger partial charge in [-0.3, -0.25) is 10.0 Å². The number of anilines is 3. The maximum absolute atomic E-state index is 6.03. The minimum atomic E-state index is 0.762. The molecule has 1 aliphatic heterocycles. The van der Waals surface area contributed by atoms with Gasteiger partial charge in [-0.25, -0.2) is 0 Å². The van der Waals surface area contributed by atoms with Gasteiger partial charge < -0.3 is 4.90 Å². The molecule has 3 aromatic rings. The zero-order valence-electron chi connectivity index (χ0n) is 13.2. The fraction of sp³-hybridized carbons (Fsp3) is 0.100. The number of hydrogen-bond donors (Lipinski definition) is 0. The Labute approximate surface area is 147 Å². The molecule has 120 valence electrons. The molecule has 0 aromatic heterocycles. The van der Waals surface area contributed by atoms with Gasteiger partial charge in [0.15, 0.2) is 0 Å². The summed E-state index contributed by atoms with van der Waals surface area (Å²) in [6, 6.07) is 29.0. The van der Waals surface area contributed by atoms with E-state index in [1.54, 1.807) is 0 Å². The van der Waals surface area contributed by atoms with Crippen LogP contribution in [0.2, 0.25) is 5.02 Å². The second-order valence-corrected chi connectivity index (χ2v) is 6.21. The molecule has 0 atom stereocenters. The third-order valence-electron chi connectivity index (χ3n) is 4.20. The lowest BCUT2D eigenvalue weighted by atomic mass is 10.3. The van der Waals surface area contributed by atoms with E-state index < -0.39 is 0 Å². The third kappa shape index (κ3) is 2.91. The van der Waals surface area contributed by atoms with Crippen LogP contribution in [-0.4, -0.2) is 13.3 Å². The molecule has 0 unspecified atom stereocenters. The zero-order valence-corrected chi connectivity index (χ0v) is 14.0. The van der Waals surface area contributed by atoms with E-state index in [-0.39, 0.29) is 0 Å². The minimum Gasteiger partial charge on any atom is -0.332 e. The highest BCUT2D eigenvalue weighted by Gasteiger charge is 2.28. The summed E-state index contributed by atoms with van der Waals surface area (Å²) in [5.41, 5.74) is 3.52. The first-order valence-corrected chi connectivity index (χ1v) is 8.35. The first-order valence-electron chi connectivity index (χ1n) is 7.97. The molecule has 0 bridgehead atoms. The Hall–Kier alpha value is -2.65. The number of hydrazine groups is 1. The molecule has 4 rings (SSSR count). The number of halogens is 1. The van der Waals surface area contributed by atoms with Crippen LogP contribution in [0.15, 0.2) is 84.9 Å². The molecule has 1 aliphatic rings. The highest BCUT2D eigenvalue weighted by Crippen LogP contribution is 2.30. The second-order valence-electron chi connectivity index (χ2n) is 5.77. The average molecular weight is 336 g/mol. The van der Waals surface area contributed by atoms with Crippen LogP contribution in [0.4, 0.5) is 17.1 Å². The molecule has 1 saturated heterocycles. The average Bonchev–Trinajstić information content (AvgIpc) is 3.09. The van der Waals surface area contributed by atoms with Gasteiger partial charge in [-0.15, -0.1) is 0 Å². The predicted octanol–water partition coefficient (Wildman–Crippen LogP) is 5.00. The molecule has 0 saturated carbocycles. The van der Waals surface area contributed by atoms with E-state index >= 15 is 0 Å². The van der Waals surface area contributed by atoms with E-state index in [1.165, 1.54) is 17.1 Å². The Morgan fingerprint density at radius 3 is 1.46 bits per heavy atom. The molecule has 0 spiro atoms. The number of nitrogens with zero attached hydrogens (tertiary/aromatic N) is 3. The summed E-state index contributed by atoms with van der Waals surface area (Å²) in [6.45, 7) is 1.58. The van der Waals surface area contributed by atoms with E-state index in [4.69, 9.17) is 11.6 Å². The maximum atomic E-state index is 6.03. The van der Waals surface area contributed by atoms with Crippen molar-refractivity contribution < 1.29 is 0 Å². The van der Waals surface area contributed by atoms with E-state index in [2.05, 4.69) is 75.6 Å². The van der Waals surface area contributed by atoms with Gasteiger partial charge in [-0.2, -0.15) is 0 Å². The number of hydrogen-bond acceptors (Lipinski definition) is 3. The quantitative estimate of drug-likeness (QED) is 0.666. The summed E-state index contributed by atoms with van der Waals surface area (Å²) in [6.07, 6.45) is 0. The topological polar surface area (TPSA) is 9.72 Å². The molecule has 3 nitrogen and oxygen atoms in total. The van der Waals surface area contributed by atoms with E-state index in [0.29, 0.717) is 0 Å². The fourth-order valence-corrected chi connectivity index (χ4v) is 3.10. The van der Waals surface area contributed by atoms with Gasteiger partial charge in [-0.05, 0) is 48.5 Å². The highest BCUT2D eigenvalue weighted by molar-refractivity contribution is 6.30. The maximum Gasteiger partial charge on any atom is 0.112 e. The van der Waals surface area contributed by atoms with Crippen molar-refractivity contribution in [3.8, 4) is 0 Å². The van der Waals surface area contributed by atoms with Crippen LogP contribution in [-0.2, 0) is 0 Å². The number of rotatable bonds is 3. The molecular formula is C20H18ClN3. The molecule has 1 heterocycles. The normalized spacial score (nSPS) is 14.3. The van der Waals surface area contributed by atoms with Crippen LogP contribution < -0.4 is 14.9 Å². The van der Waals surface area contributed by atoms with Gasteiger partial charge in [0.25, 0.3) is 0 Å². The van der Waals surface area contributed by atoms with Gasteiger partial charge in [0.2, 0.25) is 0 Å². The molecule has 0 aliphatic carbocycles. The molecule has 0 N–H and O–H groups in total. The van der Waals surface area contributed by atoms with Crippen molar-refractivity contribution in [2.75, 3.05) is 28.3 Å². The smallest absolute Gasteiger partial charge is 0.112 e. The SMILES string of the molecule is Clc1ccc(N2CN(c3ccccc3)N(c3ccccc3)C2)cc1. The van der Waals surface area contributed by atoms with Crippen LogP contribution in [0.5, 0.6) is 0 Å². The zero-order chi connectivity index (χ0) is 16.4. The van der Waals surface area contributed by atoms with Gasteiger partial charge >= 0.3 is 0 Å². The number of para-hydroxylation sites is 2. The van der Waals surface area contributed by atoms with E-state index in [9.17, 15) is 0 Å². The summed E-state index contributed by atoms with van der Waals surface area (Å²) >= 11 is 6.03. The summed E-state index contributed by atoms with van der Waals surface area (Å²) in [4.78, 5) is 2.33. The second kappa shape index (κ2) is 6.46. The predicted molar refractivity (Wildman–Crippen MR) is 102 cm³/mol. The lowest BCUT2D eigenvalue weighted by Crippen LogP contribution is -2.36. The van der Waals surface area contributed by atoms with Gasteiger partial charge in [0, 0.05) is 10.7 Å². The summed E-state index contributed by atoms with van der Waals surface area (Å²) in [5.74, 6) is 0. The Balaban J connectivity index is 1.68. The van der Waals surface area contributed by atoms with Crippen LogP contribution in [0, 0.1) is 0 Å². The van der Waals surface area contributed by atoms with Crippen LogP contribution >= 0.6 is 11.6 Å². The van der Waals surface area contributed by atoms with Crippen LogP contribution in [0.1, 0.15) is 0 Å². The summed E-state index contributed by atoms with van der Waals surface area (Å²) in [7, 11) is 0. The highest BCUT2D eigenvalue weighted by atomic mass is 35.5. The van der Waals surface area contributed by atoms with Crippen molar-refractivity contribution in [1.82, 2.24) is 0 Å². The Morgan fingerprint density at radius 1 is 0.542 bits per heavy atom. The van der Waals surface area contributed by atoms with Gasteiger partial charge in [-0.1, -0.05) is 48.0 Å². The molecule has 3 aromatic carbocycles.